The summed E-state index contributed by atoms with van der Waals surface area (Å²) in [5, 5.41) is 11.1. The smallest absolute Gasteiger partial charge is 0.178 e. The van der Waals surface area contributed by atoms with Crippen molar-refractivity contribution in [3.05, 3.63) is 72.1 Å². The number of benzene rings is 2. The van der Waals surface area contributed by atoms with E-state index in [1.54, 1.807) is 17.3 Å². The average molecular weight is 375 g/mol. The summed E-state index contributed by atoms with van der Waals surface area (Å²) in [6, 6.07) is 15.2. The minimum Gasteiger partial charge on any atom is -0.395 e. The molecule has 4 aromatic rings. The zero-order valence-electron chi connectivity index (χ0n) is 15.3. The first-order chi connectivity index (χ1) is 13.7. The van der Waals surface area contributed by atoms with Gasteiger partial charge in [0.05, 0.1) is 19.7 Å². The minimum atomic E-state index is -0.123. The Morgan fingerprint density at radius 3 is 1.71 bits per heavy atom. The van der Waals surface area contributed by atoms with Crippen LogP contribution in [-0.4, -0.2) is 57.8 Å². The summed E-state index contributed by atoms with van der Waals surface area (Å²) in [4.78, 5) is 33.5. The first-order valence-electron chi connectivity index (χ1n) is 9.19. The molecule has 0 spiro atoms. The molecular weight excluding hydrogens is 354 g/mol. The van der Waals surface area contributed by atoms with Gasteiger partial charge in [0.1, 0.15) is 0 Å². The molecule has 0 amide bonds. The van der Waals surface area contributed by atoms with Crippen molar-refractivity contribution in [2.45, 2.75) is 0 Å². The van der Waals surface area contributed by atoms with E-state index >= 15 is 0 Å². The molecule has 2 heterocycles. The van der Waals surface area contributed by atoms with Gasteiger partial charge in [-0.15, -0.1) is 0 Å². The first-order valence-corrected chi connectivity index (χ1v) is 9.19. The van der Waals surface area contributed by atoms with Crippen LogP contribution in [0.3, 0.4) is 0 Å². The van der Waals surface area contributed by atoms with Crippen molar-refractivity contribution < 1.29 is 14.7 Å². The van der Waals surface area contributed by atoms with Crippen molar-refractivity contribution >= 4 is 33.4 Å². The number of aromatic amines is 2. The second kappa shape index (κ2) is 7.80. The van der Waals surface area contributed by atoms with Gasteiger partial charge in [-0.1, -0.05) is 36.4 Å². The van der Waals surface area contributed by atoms with E-state index in [4.69, 9.17) is 0 Å². The quantitative estimate of drug-likeness (QED) is 0.413. The molecule has 0 bridgehead atoms. The molecule has 0 aliphatic rings. The molecule has 2 aromatic heterocycles. The van der Waals surface area contributed by atoms with Gasteiger partial charge in [0.2, 0.25) is 0 Å². The monoisotopic (exact) mass is 375 g/mol. The Morgan fingerprint density at radius 2 is 1.25 bits per heavy atom. The Bertz CT molecular complexity index is 1050. The molecular formula is C22H21N3O3. The first kappa shape index (κ1) is 18.2. The standard InChI is InChI=1S/C22H21N3O3/c26-10-9-25(13-21(27)17-11-23-19-7-3-1-5-15(17)19)14-22(28)18-12-24-20-8-4-2-6-16(18)20/h1-8,11-12,23-24,26H,9-10,13-14H2. The lowest BCUT2D eigenvalue weighted by molar-refractivity contribution is 0.0853. The summed E-state index contributed by atoms with van der Waals surface area (Å²) < 4.78 is 0. The second-order valence-corrected chi connectivity index (χ2v) is 6.78. The van der Waals surface area contributed by atoms with Crippen LogP contribution < -0.4 is 0 Å². The lowest BCUT2D eigenvalue weighted by Crippen LogP contribution is -2.36. The third-order valence-corrected chi connectivity index (χ3v) is 4.93. The van der Waals surface area contributed by atoms with Gasteiger partial charge in [-0.05, 0) is 12.1 Å². The van der Waals surface area contributed by atoms with Crippen LogP contribution in [0.15, 0.2) is 60.9 Å². The molecule has 6 nitrogen and oxygen atoms in total. The van der Waals surface area contributed by atoms with Gasteiger partial charge in [0.25, 0.3) is 0 Å². The summed E-state index contributed by atoms with van der Waals surface area (Å²) in [5.74, 6) is -0.171. The van der Waals surface area contributed by atoms with E-state index < -0.39 is 0 Å². The average Bonchev–Trinajstić information content (AvgIpc) is 3.32. The Hall–Kier alpha value is -3.22. The number of fused-ring (bicyclic) bond motifs is 2. The van der Waals surface area contributed by atoms with Gasteiger partial charge < -0.3 is 15.1 Å². The number of carbonyl (C=O) groups excluding carboxylic acids is 2. The number of nitrogens with one attached hydrogen (secondary N) is 2. The van der Waals surface area contributed by atoms with Crippen LogP contribution in [0.4, 0.5) is 0 Å². The number of ketones is 2. The highest BCUT2D eigenvalue weighted by Crippen LogP contribution is 2.20. The molecule has 142 valence electrons. The summed E-state index contributed by atoms with van der Waals surface area (Å²) in [6.07, 6.45) is 3.40. The molecule has 28 heavy (non-hydrogen) atoms. The number of carbonyl (C=O) groups is 2. The molecule has 0 fully saturated rings. The number of nitrogens with zero attached hydrogens (tertiary/aromatic N) is 1. The van der Waals surface area contributed by atoms with Gasteiger partial charge in [-0.3, -0.25) is 14.5 Å². The molecule has 0 aliphatic heterocycles. The van der Waals surface area contributed by atoms with E-state index in [1.165, 1.54) is 0 Å². The van der Waals surface area contributed by atoms with E-state index in [0.29, 0.717) is 11.1 Å². The predicted octanol–water partition coefficient (Wildman–Crippen LogP) is 3.01. The normalized spacial score (nSPS) is 11.5. The van der Waals surface area contributed by atoms with E-state index in [0.717, 1.165) is 21.8 Å². The molecule has 0 aliphatic carbocycles. The highest BCUT2D eigenvalue weighted by molar-refractivity contribution is 6.10. The molecule has 0 saturated carbocycles. The summed E-state index contributed by atoms with van der Waals surface area (Å²) in [7, 11) is 0. The van der Waals surface area contributed by atoms with E-state index in [2.05, 4.69) is 9.97 Å². The maximum atomic E-state index is 12.8. The number of rotatable bonds is 8. The molecule has 0 atom stereocenters. The van der Waals surface area contributed by atoms with Crippen molar-refractivity contribution in [2.75, 3.05) is 26.2 Å². The third-order valence-electron chi connectivity index (χ3n) is 4.93. The van der Waals surface area contributed by atoms with Crippen molar-refractivity contribution in [3.8, 4) is 0 Å². The Morgan fingerprint density at radius 1 is 0.786 bits per heavy atom. The summed E-state index contributed by atoms with van der Waals surface area (Å²) in [5.41, 5.74) is 2.99. The number of H-pyrrole nitrogens is 2. The van der Waals surface area contributed by atoms with Crippen LogP contribution in [0.5, 0.6) is 0 Å². The number of hydrogen-bond acceptors (Lipinski definition) is 4. The van der Waals surface area contributed by atoms with E-state index in [1.807, 2.05) is 48.5 Å². The van der Waals surface area contributed by atoms with Gasteiger partial charge in [-0.25, -0.2) is 0 Å². The van der Waals surface area contributed by atoms with Crippen LogP contribution in [-0.2, 0) is 0 Å². The van der Waals surface area contributed by atoms with Crippen molar-refractivity contribution in [3.63, 3.8) is 0 Å². The van der Waals surface area contributed by atoms with Gasteiger partial charge in [-0.2, -0.15) is 0 Å². The third kappa shape index (κ3) is 3.47. The highest BCUT2D eigenvalue weighted by atomic mass is 16.3. The lowest BCUT2D eigenvalue weighted by atomic mass is 10.1. The van der Waals surface area contributed by atoms with Crippen molar-refractivity contribution in [1.82, 2.24) is 14.9 Å². The highest BCUT2D eigenvalue weighted by Gasteiger charge is 2.20. The number of para-hydroxylation sites is 2. The molecule has 0 unspecified atom stereocenters. The van der Waals surface area contributed by atoms with E-state index in [9.17, 15) is 14.7 Å². The fraction of sp³-hybridized carbons (Fsp3) is 0.182. The van der Waals surface area contributed by atoms with Crippen molar-refractivity contribution in [1.29, 1.82) is 0 Å². The summed E-state index contributed by atoms with van der Waals surface area (Å²) in [6.45, 7) is 0.261. The number of hydrogen-bond donors (Lipinski definition) is 3. The molecule has 6 heteroatoms. The molecule has 2 aromatic carbocycles. The maximum absolute atomic E-state index is 12.8. The van der Waals surface area contributed by atoms with Gasteiger partial charge in [0.15, 0.2) is 11.6 Å². The van der Waals surface area contributed by atoms with Crippen LogP contribution >= 0.6 is 0 Å². The number of aliphatic hydroxyl groups excluding tert-OH is 1. The number of aliphatic hydroxyl groups is 1. The zero-order valence-corrected chi connectivity index (χ0v) is 15.3. The largest absolute Gasteiger partial charge is 0.395 e. The van der Waals surface area contributed by atoms with Crippen LogP contribution in [0.1, 0.15) is 20.7 Å². The van der Waals surface area contributed by atoms with Crippen LogP contribution in [0.25, 0.3) is 21.8 Å². The van der Waals surface area contributed by atoms with Gasteiger partial charge in [0, 0.05) is 51.9 Å². The topological polar surface area (TPSA) is 89.2 Å². The fourth-order valence-corrected chi connectivity index (χ4v) is 3.54. The summed E-state index contributed by atoms with van der Waals surface area (Å²) >= 11 is 0. The number of Topliss-reactive ketones (excluding diaryl/α,β-unsaturated/α-hetero) is 2. The Balaban J connectivity index is 1.52. The van der Waals surface area contributed by atoms with Crippen LogP contribution in [0, 0.1) is 0 Å². The molecule has 4 rings (SSSR count). The Labute approximate surface area is 161 Å². The molecule has 0 radical (unpaired) electrons. The molecule has 3 N–H and O–H groups in total. The SMILES string of the molecule is O=C(CN(CCO)CC(=O)c1c[nH]c2ccccc12)c1c[nH]c2ccccc12. The van der Waals surface area contributed by atoms with Gasteiger partial charge >= 0.3 is 0 Å². The minimum absolute atomic E-state index is 0.0660. The zero-order chi connectivity index (χ0) is 19.5. The lowest BCUT2D eigenvalue weighted by Gasteiger charge is -2.19. The second-order valence-electron chi connectivity index (χ2n) is 6.78. The fourth-order valence-electron chi connectivity index (χ4n) is 3.54. The Kier molecular flexibility index (Phi) is 5.06. The molecule has 0 saturated heterocycles. The maximum Gasteiger partial charge on any atom is 0.178 e. The predicted molar refractivity (Wildman–Crippen MR) is 109 cm³/mol. The van der Waals surface area contributed by atoms with Crippen molar-refractivity contribution in [2.24, 2.45) is 0 Å². The van der Waals surface area contributed by atoms with E-state index in [-0.39, 0.29) is 37.8 Å². The number of aromatic nitrogens is 2. The van der Waals surface area contributed by atoms with Crippen LogP contribution in [0.2, 0.25) is 0 Å².